The highest BCUT2D eigenvalue weighted by molar-refractivity contribution is 9.18. The molecular formula is C9H9Br2NO. The fourth-order valence-electron chi connectivity index (χ4n) is 0.997. The van der Waals surface area contributed by atoms with E-state index in [0.717, 1.165) is 10.9 Å². The van der Waals surface area contributed by atoms with E-state index in [4.69, 9.17) is 0 Å². The molecule has 70 valence electrons. The number of amides is 1. The fourth-order valence-corrected chi connectivity index (χ4v) is 1.68. The van der Waals surface area contributed by atoms with Gasteiger partial charge in [0.15, 0.2) is 0 Å². The number of hydrogen-bond donors (Lipinski definition) is 1. The average Bonchev–Trinajstić information content (AvgIpc) is 2.08. The smallest absolute Gasteiger partial charge is 0.287 e. The maximum Gasteiger partial charge on any atom is 0.287 e. The maximum absolute atomic E-state index is 10.5. The van der Waals surface area contributed by atoms with Crippen LogP contribution in [-0.2, 0) is 6.42 Å². The van der Waals surface area contributed by atoms with Crippen LogP contribution in [0.2, 0.25) is 0 Å². The Morgan fingerprint density at radius 3 is 2.69 bits per heavy atom. The van der Waals surface area contributed by atoms with E-state index < -0.39 is 0 Å². The minimum Gasteiger partial charge on any atom is -0.346 e. The topological polar surface area (TPSA) is 29.1 Å². The minimum atomic E-state index is -0.167. The Morgan fingerprint density at radius 1 is 1.38 bits per heavy atom. The molecule has 1 N–H and O–H groups in total. The predicted molar refractivity (Wildman–Crippen MR) is 60.2 cm³/mol. The Hall–Kier alpha value is -0.350. The molecule has 0 saturated carbocycles. The number of carbonyl (C=O) groups excluding carboxylic acids is 1. The lowest BCUT2D eigenvalue weighted by atomic mass is 10.1. The van der Waals surface area contributed by atoms with Crippen molar-refractivity contribution in [3.63, 3.8) is 0 Å². The van der Waals surface area contributed by atoms with Crippen LogP contribution >= 0.6 is 31.9 Å². The van der Waals surface area contributed by atoms with E-state index in [1.54, 1.807) is 0 Å². The highest BCUT2D eigenvalue weighted by Gasteiger charge is 1.98. The second-order valence-electron chi connectivity index (χ2n) is 2.54. The van der Waals surface area contributed by atoms with Crippen molar-refractivity contribution in [2.24, 2.45) is 0 Å². The van der Waals surface area contributed by atoms with E-state index in [1.807, 2.05) is 24.3 Å². The van der Waals surface area contributed by atoms with E-state index in [-0.39, 0.29) is 4.82 Å². The number of carbonyl (C=O) groups is 1. The summed E-state index contributed by atoms with van der Waals surface area (Å²) in [5.41, 5.74) is 1.20. The van der Waals surface area contributed by atoms with Crippen LogP contribution in [0.4, 0.5) is 4.79 Å². The van der Waals surface area contributed by atoms with Crippen LogP contribution in [0.5, 0.6) is 0 Å². The summed E-state index contributed by atoms with van der Waals surface area (Å²) < 4.78 is 1.08. The van der Waals surface area contributed by atoms with Crippen LogP contribution < -0.4 is 5.32 Å². The van der Waals surface area contributed by atoms with Gasteiger partial charge >= 0.3 is 0 Å². The molecule has 1 aromatic carbocycles. The lowest BCUT2D eigenvalue weighted by Gasteiger charge is -2.03. The van der Waals surface area contributed by atoms with Gasteiger partial charge < -0.3 is 5.32 Å². The predicted octanol–water partition coefficient (Wildman–Crippen LogP) is 3.10. The summed E-state index contributed by atoms with van der Waals surface area (Å²) in [5.74, 6) is 0. The summed E-state index contributed by atoms with van der Waals surface area (Å²) in [6.45, 7) is 0.646. The molecular weight excluding hydrogens is 298 g/mol. The van der Waals surface area contributed by atoms with E-state index in [1.165, 1.54) is 5.56 Å². The molecule has 0 saturated heterocycles. The minimum absolute atomic E-state index is 0.167. The van der Waals surface area contributed by atoms with Crippen molar-refractivity contribution in [1.29, 1.82) is 0 Å². The van der Waals surface area contributed by atoms with Crippen LogP contribution in [-0.4, -0.2) is 11.4 Å². The van der Waals surface area contributed by atoms with Crippen molar-refractivity contribution in [3.8, 4) is 0 Å². The zero-order chi connectivity index (χ0) is 9.68. The van der Waals surface area contributed by atoms with Crippen molar-refractivity contribution >= 4 is 36.7 Å². The molecule has 0 atom stereocenters. The highest BCUT2D eigenvalue weighted by atomic mass is 79.9. The normalized spacial score (nSPS) is 9.69. The van der Waals surface area contributed by atoms with Gasteiger partial charge in [-0.3, -0.25) is 4.79 Å². The molecule has 4 heteroatoms. The van der Waals surface area contributed by atoms with E-state index >= 15 is 0 Å². The maximum atomic E-state index is 10.5. The summed E-state index contributed by atoms with van der Waals surface area (Å²) in [7, 11) is 0. The van der Waals surface area contributed by atoms with E-state index in [9.17, 15) is 4.79 Å². The SMILES string of the molecule is O=C(Br)NCCc1ccccc1Br. The number of rotatable bonds is 3. The molecule has 2 nitrogen and oxygen atoms in total. The van der Waals surface area contributed by atoms with Gasteiger partial charge in [0.2, 0.25) is 0 Å². The monoisotopic (exact) mass is 305 g/mol. The molecule has 13 heavy (non-hydrogen) atoms. The molecule has 1 rings (SSSR count). The van der Waals surface area contributed by atoms with Crippen molar-refractivity contribution in [1.82, 2.24) is 5.32 Å². The van der Waals surface area contributed by atoms with Gasteiger partial charge in [0.25, 0.3) is 4.82 Å². The Balaban J connectivity index is 2.45. The zero-order valence-corrected chi connectivity index (χ0v) is 10.1. The van der Waals surface area contributed by atoms with Crippen molar-refractivity contribution < 1.29 is 4.79 Å². The Labute approximate surface area is 94.0 Å². The molecule has 0 unspecified atom stereocenters. The number of halogens is 2. The average molecular weight is 307 g/mol. The third-order valence-corrected chi connectivity index (χ3v) is 2.67. The first-order valence-corrected chi connectivity index (χ1v) is 5.45. The highest BCUT2D eigenvalue weighted by Crippen LogP contribution is 2.15. The zero-order valence-electron chi connectivity index (χ0n) is 6.89. The summed E-state index contributed by atoms with van der Waals surface area (Å²) in [5, 5.41) is 2.68. The Morgan fingerprint density at radius 2 is 2.08 bits per heavy atom. The number of nitrogens with one attached hydrogen (secondary N) is 1. The van der Waals surface area contributed by atoms with Crippen LogP contribution in [0.1, 0.15) is 5.56 Å². The van der Waals surface area contributed by atoms with E-state index in [2.05, 4.69) is 37.2 Å². The van der Waals surface area contributed by atoms with Gasteiger partial charge in [0, 0.05) is 26.9 Å². The third kappa shape index (κ3) is 3.91. The van der Waals surface area contributed by atoms with Gasteiger partial charge in [0.05, 0.1) is 0 Å². The summed E-state index contributed by atoms with van der Waals surface area (Å²) >= 11 is 6.24. The summed E-state index contributed by atoms with van der Waals surface area (Å²) in [6.07, 6.45) is 0.832. The Bertz CT molecular complexity index is 301. The standard InChI is InChI=1S/C9H9Br2NO/c10-8-4-2-1-3-7(8)5-6-12-9(11)13/h1-4H,5-6H2,(H,12,13). The number of benzene rings is 1. The summed E-state index contributed by atoms with van der Waals surface area (Å²) in [6, 6.07) is 7.97. The Kier molecular flexibility index (Phi) is 4.45. The van der Waals surface area contributed by atoms with Gasteiger partial charge in [0.1, 0.15) is 0 Å². The number of hydrogen-bond acceptors (Lipinski definition) is 1. The second-order valence-corrected chi connectivity index (χ2v) is 4.12. The van der Waals surface area contributed by atoms with Gasteiger partial charge in [-0.1, -0.05) is 34.1 Å². The van der Waals surface area contributed by atoms with Crippen molar-refractivity contribution in [3.05, 3.63) is 34.3 Å². The van der Waals surface area contributed by atoms with Gasteiger partial charge in [-0.25, -0.2) is 0 Å². The molecule has 0 aliphatic carbocycles. The summed E-state index contributed by atoms with van der Waals surface area (Å²) in [4.78, 5) is 10.3. The van der Waals surface area contributed by atoms with Crippen LogP contribution in [0, 0.1) is 0 Å². The lowest BCUT2D eigenvalue weighted by Crippen LogP contribution is -2.19. The van der Waals surface area contributed by atoms with Gasteiger partial charge in [-0.15, -0.1) is 0 Å². The molecule has 0 bridgehead atoms. The molecule has 0 aliphatic heterocycles. The molecule has 1 aromatic rings. The van der Waals surface area contributed by atoms with Gasteiger partial charge in [-0.2, -0.15) is 0 Å². The lowest BCUT2D eigenvalue weighted by molar-refractivity contribution is 0.262. The molecule has 0 heterocycles. The van der Waals surface area contributed by atoms with Gasteiger partial charge in [-0.05, 0) is 18.1 Å². The van der Waals surface area contributed by atoms with Crippen LogP contribution in [0.25, 0.3) is 0 Å². The fraction of sp³-hybridized carbons (Fsp3) is 0.222. The van der Waals surface area contributed by atoms with Crippen LogP contribution in [0.3, 0.4) is 0 Å². The molecule has 1 amide bonds. The van der Waals surface area contributed by atoms with Crippen LogP contribution in [0.15, 0.2) is 28.7 Å². The second kappa shape index (κ2) is 5.40. The first kappa shape index (κ1) is 10.7. The van der Waals surface area contributed by atoms with Crippen molar-refractivity contribution in [2.75, 3.05) is 6.54 Å². The largest absolute Gasteiger partial charge is 0.346 e. The van der Waals surface area contributed by atoms with Crippen molar-refractivity contribution in [2.45, 2.75) is 6.42 Å². The third-order valence-electron chi connectivity index (χ3n) is 1.62. The quantitative estimate of drug-likeness (QED) is 0.675. The van der Waals surface area contributed by atoms with E-state index in [0.29, 0.717) is 6.54 Å². The molecule has 0 fully saturated rings. The molecule has 0 spiro atoms. The first-order valence-electron chi connectivity index (χ1n) is 3.87. The first-order chi connectivity index (χ1) is 6.20. The molecule has 0 aliphatic rings. The molecule has 0 aromatic heterocycles. The molecule has 0 radical (unpaired) electrons.